The summed E-state index contributed by atoms with van der Waals surface area (Å²) in [6.07, 6.45) is 4.81. The van der Waals surface area contributed by atoms with E-state index in [9.17, 15) is 18.7 Å². The molecule has 36 heavy (non-hydrogen) atoms. The fourth-order valence-electron chi connectivity index (χ4n) is 4.36. The molecule has 15 heteroatoms. The number of fused-ring (bicyclic) bond motifs is 1. The van der Waals surface area contributed by atoms with Gasteiger partial charge in [-0.25, -0.2) is 23.1 Å². The summed E-state index contributed by atoms with van der Waals surface area (Å²) < 4.78 is 61.3. The van der Waals surface area contributed by atoms with E-state index in [1.54, 1.807) is 21.7 Å². The Morgan fingerprint density at radius 2 is 1.89 bits per heavy atom. The smallest absolute Gasteiger partial charge is 0.391 e. The average molecular weight is 527 g/mol. The standard InChI is InChI=1S/C21H22F2N6O2.H2O4S/c22-13-3-4-16(23)15(10-13)18-2-1-7-28(18)19-6-9-29-20(26-19)17(11-24-29)25-21(31)27-8-5-14(30)12-27;1-5(2,3)4/h3-4,6,9-11,14,18,30H,1-2,5,7-8,12H2,(H,25,31);(H2,1,2,3,4)/t14-,18-;/m1./s1. The van der Waals surface area contributed by atoms with E-state index in [1.165, 1.54) is 12.3 Å². The largest absolute Gasteiger partial charge is 0.394 e. The van der Waals surface area contributed by atoms with Gasteiger partial charge in [-0.05, 0) is 43.5 Å². The highest BCUT2D eigenvalue weighted by atomic mass is 32.3. The Morgan fingerprint density at radius 1 is 1.14 bits per heavy atom. The van der Waals surface area contributed by atoms with E-state index in [2.05, 4.69) is 15.4 Å². The number of aromatic nitrogens is 3. The maximum absolute atomic E-state index is 14.4. The molecule has 4 N–H and O–H groups in total. The minimum Gasteiger partial charge on any atom is -0.391 e. The van der Waals surface area contributed by atoms with Crippen LogP contribution in [0.15, 0.2) is 36.7 Å². The number of β-amino-alcohol motifs (C(OH)–C–C–N with tert-alkyl or cyclic N) is 1. The number of aliphatic hydroxyl groups excluding tert-OH is 1. The first-order valence-electron chi connectivity index (χ1n) is 11.0. The summed E-state index contributed by atoms with van der Waals surface area (Å²) in [6.45, 7) is 1.43. The van der Waals surface area contributed by atoms with Gasteiger partial charge in [0.1, 0.15) is 23.1 Å². The highest BCUT2D eigenvalue weighted by Crippen LogP contribution is 2.37. The number of halogens is 2. The van der Waals surface area contributed by atoms with Gasteiger partial charge in [-0.15, -0.1) is 0 Å². The van der Waals surface area contributed by atoms with Crippen LogP contribution >= 0.6 is 0 Å². The molecule has 2 saturated heterocycles. The van der Waals surface area contributed by atoms with Crippen LogP contribution in [0.4, 0.5) is 25.1 Å². The zero-order chi connectivity index (χ0) is 26.0. The summed E-state index contributed by atoms with van der Waals surface area (Å²) in [7, 11) is -4.67. The van der Waals surface area contributed by atoms with Gasteiger partial charge in [0.25, 0.3) is 0 Å². The van der Waals surface area contributed by atoms with Crippen molar-refractivity contribution in [2.24, 2.45) is 0 Å². The summed E-state index contributed by atoms with van der Waals surface area (Å²) in [4.78, 5) is 20.7. The van der Waals surface area contributed by atoms with Gasteiger partial charge >= 0.3 is 16.4 Å². The lowest BCUT2D eigenvalue weighted by Gasteiger charge is -2.26. The Bertz CT molecular complexity index is 1360. The Labute approximate surface area is 204 Å². The maximum Gasteiger partial charge on any atom is 0.394 e. The van der Waals surface area contributed by atoms with Gasteiger partial charge in [-0.1, -0.05) is 0 Å². The molecule has 2 aliphatic rings. The van der Waals surface area contributed by atoms with E-state index >= 15 is 0 Å². The van der Waals surface area contributed by atoms with E-state index in [0.717, 1.165) is 18.6 Å². The monoisotopic (exact) mass is 526 g/mol. The number of rotatable bonds is 3. The molecule has 0 spiro atoms. The summed E-state index contributed by atoms with van der Waals surface area (Å²) in [5, 5.41) is 16.7. The van der Waals surface area contributed by atoms with Crippen molar-refractivity contribution < 1.29 is 36.2 Å². The van der Waals surface area contributed by atoms with Crippen LogP contribution in [0.3, 0.4) is 0 Å². The Hall–Kier alpha value is -3.40. The fraction of sp³-hybridized carbons (Fsp3) is 0.381. The Balaban J connectivity index is 0.000000556. The second kappa shape index (κ2) is 10.3. The SMILES string of the molecule is O=C(Nc1cnn2ccc(N3CCC[C@@H]3c3cc(F)ccc3F)nc12)N1CC[C@@H](O)C1.O=S(=O)(O)O. The highest BCUT2D eigenvalue weighted by molar-refractivity contribution is 7.79. The van der Waals surface area contributed by atoms with Gasteiger partial charge in [0, 0.05) is 31.4 Å². The normalized spacial score (nSPS) is 19.9. The molecule has 0 unspecified atom stereocenters. The fourth-order valence-corrected chi connectivity index (χ4v) is 4.36. The molecule has 2 atom stereocenters. The molecular weight excluding hydrogens is 502 g/mol. The van der Waals surface area contributed by atoms with E-state index in [1.807, 2.05) is 4.90 Å². The van der Waals surface area contributed by atoms with E-state index in [4.69, 9.17) is 17.5 Å². The minimum atomic E-state index is -4.67. The zero-order valence-electron chi connectivity index (χ0n) is 18.8. The number of hydrogen-bond acceptors (Lipinski definition) is 7. The number of aliphatic hydroxyl groups is 1. The summed E-state index contributed by atoms with van der Waals surface area (Å²) in [6, 6.07) is 4.64. The Kier molecular flexibility index (Phi) is 7.35. The number of carbonyl (C=O) groups is 1. The Morgan fingerprint density at radius 3 is 2.58 bits per heavy atom. The lowest BCUT2D eigenvalue weighted by atomic mass is 10.0. The van der Waals surface area contributed by atoms with Crippen molar-refractivity contribution in [3.05, 3.63) is 53.9 Å². The van der Waals surface area contributed by atoms with Crippen LogP contribution in [0.25, 0.3) is 5.65 Å². The van der Waals surface area contributed by atoms with Crippen molar-refractivity contribution in [3.63, 3.8) is 0 Å². The van der Waals surface area contributed by atoms with Gasteiger partial charge in [-0.2, -0.15) is 13.5 Å². The van der Waals surface area contributed by atoms with Crippen molar-refractivity contribution in [2.75, 3.05) is 29.9 Å². The minimum absolute atomic E-state index is 0.290. The van der Waals surface area contributed by atoms with E-state index in [0.29, 0.717) is 55.2 Å². The number of nitrogens with one attached hydrogen (secondary N) is 1. The van der Waals surface area contributed by atoms with Crippen LogP contribution in [0.5, 0.6) is 0 Å². The number of urea groups is 1. The summed E-state index contributed by atoms with van der Waals surface area (Å²) in [5.74, 6) is -0.310. The zero-order valence-corrected chi connectivity index (χ0v) is 19.6. The number of benzene rings is 1. The third kappa shape index (κ3) is 6.04. The molecule has 2 amide bonds. The number of hydrogen-bond donors (Lipinski definition) is 4. The van der Waals surface area contributed by atoms with Crippen LogP contribution in [-0.4, -0.2) is 73.9 Å². The lowest BCUT2D eigenvalue weighted by Crippen LogP contribution is -2.33. The van der Waals surface area contributed by atoms with Crippen molar-refractivity contribution in [3.8, 4) is 0 Å². The van der Waals surface area contributed by atoms with Gasteiger partial charge in [-0.3, -0.25) is 9.11 Å². The molecule has 2 fully saturated rings. The second-order valence-electron chi connectivity index (χ2n) is 8.40. The molecule has 4 heterocycles. The number of carbonyl (C=O) groups excluding carboxylic acids is 1. The summed E-state index contributed by atoms with van der Waals surface area (Å²) in [5.41, 5.74) is 1.21. The number of anilines is 2. The molecule has 3 aromatic rings. The number of likely N-dealkylation sites (tertiary alicyclic amines) is 1. The predicted molar refractivity (Wildman–Crippen MR) is 124 cm³/mol. The molecule has 0 aliphatic carbocycles. The first kappa shape index (κ1) is 25.7. The quantitative estimate of drug-likeness (QED) is 0.375. The van der Waals surface area contributed by atoms with Crippen LogP contribution < -0.4 is 10.2 Å². The van der Waals surface area contributed by atoms with Crippen molar-refractivity contribution in [1.29, 1.82) is 0 Å². The lowest BCUT2D eigenvalue weighted by molar-refractivity contribution is 0.176. The van der Waals surface area contributed by atoms with Gasteiger partial charge < -0.3 is 20.2 Å². The molecule has 1 aromatic carbocycles. The average Bonchev–Trinajstić information content (AvgIpc) is 3.54. The van der Waals surface area contributed by atoms with Crippen molar-refractivity contribution in [1.82, 2.24) is 19.5 Å². The second-order valence-corrected chi connectivity index (χ2v) is 9.29. The van der Waals surface area contributed by atoms with Crippen molar-refractivity contribution >= 4 is 33.6 Å². The molecular formula is C21H24F2N6O6S. The van der Waals surface area contributed by atoms with Gasteiger partial charge in [0.15, 0.2) is 5.65 Å². The van der Waals surface area contributed by atoms with Gasteiger partial charge in [0.2, 0.25) is 0 Å². The van der Waals surface area contributed by atoms with Crippen LogP contribution in [0.1, 0.15) is 30.9 Å². The predicted octanol–water partition coefficient (Wildman–Crippen LogP) is 2.29. The van der Waals surface area contributed by atoms with E-state index in [-0.39, 0.29) is 12.1 Å². The number of amides is 2. The number of nitrogens with zero attached hydrogens (tertiary/aromatic N) is 5. The summed E-state index contributed by atoms with van der Waals surface area (Å²) >= 11 is 0. The molecule has 2 aliphatic heterocycles. The van der Waals surface area contributed by atoms with Gasteiger partial charge in [0.05, 0.1) is 18.3 Å². The first-order chi connectivity index (χ1) is 17.0. The molecule has 12 nitrogen and oxygen atoms in total. The van der Waals surface area contributed by atoms with E-state index < -0.39 is 28.1 Å². The van der Waals surface area contributed by atoms with Crippen LogP contribution in [0, 0.1) is 11.6 Å². The first-order valence-corrected chi connectivity index (χ1v) is 12.4. The van der Waals surface area contributed by atoms with Crippen molar-refractivity contribution in [2.45, 2.75) is 31.4 Å². The molecule has 194 valence electrons. The molecule has 5 rings (SSSR count). The molecule has 2 aromatic heterocycles. The van der Waals surface area contributed by atoms with Crippen LogP contribution in [0.2, 0.25) is 0 Å². The third-order valence-corrected chi connectivity index (χ3v) is 5.91. The molecule has 0 bridgehead atoms. The third-order valence-electron chi connectivity index (χ3n) is 5.91. The van der Waals surface area contributed by atoms with Crippen LogP contribution in [-0.2, 0) is 10.4 Å². The highest BCUT2D eigenvalue weighted by Gasteiger charge is 2.30. The topological polar surface area (TPSA) is 161 Å². The molecule has 0 radical (unpaired) electrons. The molecule has 0 saturated carbocycles. The maximum atomic E-state index is 14.4.